The molecule has 0 radical (unpaired) electrons. The average Bonchev–Trinajstić information content (AvgIpc) is 3.19. The van der Waals surface area contributed by atoms with Crippen molar-refractivity contribution in [2.45, 2.75) is 0 Å². The van der Waals surface area contributed by atoms with E-state index < -0.39 is 0 Å². The molecule has 0 amide bonds. The quantitative estimate of drug-likeness (QED) is 0.180. The van der Waals surface area contributed by atoms with Crippen LogP contribution >= 0.6 is 0 Å². The predicted octanol–water partition coefficient (Wildman–Crippen LogP) is 11.7. The van der Waals surface area contributed by atoms with Crippen molar-refractivity contribution in [3.63, 3.8) is 0 Å². The van der Waals surface area contributed by atoms with Gasteiger partial charge < -0.3 is 0 Å². The highest BCUT2D eigenvalue weighted by Gasteiger charge is 2.11. The zero-order valence-corrected chi connectivity index (χ0v) is 27.0. The molecule has 0 aliphatic heterocycles. The van der Waals surface area contributed by atoms with Crippen LogP contribution in [0, 0.1) is 0 Å². The molecule has 0 atom stereocenters. The molecule has 0 saturated heterocycles. The molecule has 0 bridgehead atoms. The van der Waals surface area contributed by atoms with Crippen LogP contribution in [0.1, 0.15) is 0 Å². The molecule has 0 aliphatic carbocycles. The lowest BCUT2D eigenvalue weighted by molar-refractivity contribution is 1.37. The summed E-state index contributed by atoms with van der Waals surface area (Å²) >= 11 is 0. The van der Waals surface area contributed by atoms with Crippen LogP contribution < -0.4 is 0 Å². The number of hydrogen-bond acceptors (Lipinski definition) is 4. The van der Waals surface area contributed by atoms with Crippen molar-refractivity contribution in [3.05, 3.63) is 170 Å². The van der Waals surface area contributed by atoms with Gasteiger partial charge in [-0.15, -0.1) is 0 Å². The second kappa shape index (κ2) is 11.4. The van der Waals surface area contributed by atoms with Gasteiger partial charge in [0.2, 0.25) is 0 Å². The number of aromatic nitrogens is 4. The largest absolute Gasteiger partial charge is 0.254 e. The molecule has 50 heavy (non-hydrogen) atoms. The van der Waals surface area contributed by atoms with Gasteiger partial charge in [-0.2, -0.15) is 0 Å². The van der Waals surface area contributed by atoms with E-state index in [-0.39, 0.29) is 0 Å². The highest BCUT2D eigenvalue weighted by Crippen LogP contribution is 2.34. The summed E-state index contributed by atoms with van der Waals surface area (Å²) in [7, 11) is 0. The van der Waals surface area contributed by atoms with Crippen molar-refractivity contribution >= 4 is 54.4 Å². The first-order valence-electron chi connectivity index (χ1n) is 16.8. The van der Waals surface area contributed by atoms with Crippen LogP contribution in [-0.2, 0) is 0 Å². The van der Waals surface area contributed by atoms with Gasteiger partial charge in [0.05, 0.1) is 33.5 Å². The smallest absolute Gasteiger partial charge is 0.0970 e. The van der Waals surface area contributed by atoms with E-state index in [0.717, 1.165) is 88.4 Å². The van der Waals surface area contributed by atoms with Crippen LogP contribution in [0.5, 0.6) is 0 Å². The van der Waals surface area contributed by atoms with Gasteiger partial charge >= 0.3 is 0 Å². The molecule has 232 valence electrons. The summed E-state index contributed by atoms with van der Waals surface area (Å²) in [4.78, 5) is 19.6. The molecule has 0 N–H and O–H groups in total. The fraction of sp³-hybridized carbons (Fsp3) is 0. The van der Waals surface area contributed by atoms with Gasteiger partial charge in [0.15, 0.2) is 0 Å². The standard InChI is InChI=1S/C46H28N4/c1-2-8-37-29(5-1)6-3-9-39(37)42-23-20-33-15-17-36(28-44(33)50-42)35-16-14-32-19-22-41(49-43(32)27-35)31-12-10-30(11-13-31)38-24-26-48-46-40(38)21-18-34-7-4-25-47-45(34)46/h1-28H. The molecule has 10 aromatic rings. The number of nitrogens with zero attached hydrogens (tertiary/aromatic N) is 4. The average molecular weight is 637 g/mol. The summed E-state index contributed by atoms with van der Waals surface area (Å²) in [5.41, 5.74) is 12.4. The maximum atomic E-state index is 5.13. The fourth-order valence-corrected chi connectivity index (χ4v) is 7.18. The van der Waals surface area contributed by atoms with Gasteiger partial charge in [-0.1, -0.05) is 121 Å². The van der Waals surface area contributed by atoms with E-state index in [0.29, 0.717) is 0 Å². The van der Waals surface area contributed by atoms with Crippen molar-refractivity contribution in [2.24, 2.45) is 0 Å². The number of fused-ring (bicyclic) bond motifs is 6. The van der Waals surface area contributed by atoms with Crippen molar-refractivity contribution in [3.8, 4) is 44.8 Å². The van der Waals surface area contributed by atoms with Gasteiger partial charge in [-0.25, -0.2) is 9.97 Å². The summed E-state index contributed by atoms with van der Waals surface area (Å²) in [6.45, 7) is 0. The van der Waals surface area contributed by atoms with Gasteiger partial charge in [0.1, 0.15) is 0 Å². The van der Waals surface area contributed by atoms with Crippen LogP contribution in [-0.4, -0.2) is 19.9 Å². The van der Waals surface area contributed by atoms with Gasteiger partial charge in [-0.3, -0.25) is 9.97 Å². The van der Waals surface area contributed by atoms with Crippen LogP contribution in [0.4, 0.5) is 0 Å². The Kier molecular flexibility index (Phi) is 6.46. The summed E-state index contributed by atoms with van der Waals surface area (Å²) < 4.78 is 0. The molecule has 0 saturated carbocycles. The van der Waals surface area contributed by atoms with Crippen molar-refractivity contribution < 1.29 is 0 Å². The molecule has 4 heterocycles. The Hall–Kier alpha value is -6.78. The minimum Gasteiger partial charge on any atom is -0.254 e. The third kappa shape index (κ3) is 4.77. The second-order valence-corrected chi connectivity index (χ2v) is 12.7. The van der Waals surface area contributed by atoms with Crippen molar-refractivity contribution in [2.75, 3.05) is 0 Å². The fourth-order valence-electron chi connectivity index (χ4n) is 7.18. The third-order valence-electron chi connectivity index (χ3n) is 9.76. The topological polar surface area (TPSA) is 51.6 Å². The minimum absolute atomic E-state index is 0.920. The molecule has 4 heteroatoms. The zero-order chi connectivity index (χ0) is 33.0. The Morgan fingerprint density at radius 3 is 1.76 bits per heavy atom. The van der Waals surface area contributed by atoms with E-state index in [4.69, 9.17) is 9.97 Å². The Morgan fingerprint density at radius 2 is 0.940 bits per heavy atom. The number of rotatable bonds is 4. The molecule has 4 aromatic heterocycles. The number of hydrogen-bond donors (Lipinski definition) is 0. The third-order valence-corrected chi connectivity index (χ3v) is 9.76. The Labute approximate surface area is 288 Å². The van der Waals surface area contributed by atoms with E-state index in [2.05, 4.69) is 162 Å². The van der Waals surface area contributed by atoms with E-state index in [9.17, 15) is 0 Å². The van der Waals surface area contributed by atoms with E-state index in [1.165, 1.54) is 10.8 Å². The molecule has 0 spiro atoms. The molecule has 0 unspecified atom stereocenters. The first kappa shape index (κ1) is 28.3. The van der Waals surface area contributed by atoms with Crippen LogP contribution in [0.25, 0.3) is 99.2 Å². The Bertz CT molecular complexity index is 2920. The zero-order valence-electron chi connectivity index (χ0n) is 27.0. The summed E-state index contributed by atoms with van der Waals surface area (Å²) in [6, 6.07) is 55.5. The first-order valence-corrected chi connectivity index (χ1v) is 16.8. The molecule has 6 aromatic carbocycles. The highest BCUT2D eigenvalue weighted by atomic mass is 14.7. The van der Waals surface area contributed by atoms with E-state index in [1.807, 2.05) is 18.5 Å². The van der Waals surface area contributed by atoms with E-state index in [1.54, 1.807) is 0 Å². The summed E-state index contributed by atoms with van der Waals surface area (Å²) in [6.07, 6.45) is 3.70. The Balaban J connectivity index is 0.987. The van der Waals surface area contributed by atoms with Crippen molar-refractivity contribution in [1.29, 1.82) is 0 Å². The minimum atomic E-state index is 0.920. The number of pyridine rings is 4. The van der Waals surface area contributed by atoms with Crippen LogP contribution in [0.3, 0.4) is 0 Å². The van der Waals surface area contributed by atoms with Crippen LogP contribution in [0.15, 0.2) is 170 Å². The molecule has 0 fully saturated rings. The van der Waals surface area contributed by atoms with Gasteiger partial charge in [0.25, 0.3) is 0 Å². The van der Waals surface area contributed by atoms with Crippen molar-refractivity contribution in [1.82, 2.24) is 19.9 Å². The van der Waals surface area contributed by atoms with Gasteiger partial charge in [0, 0.05) is 45.1 Å². The van der Waals surface area contributed by atoms with Gasteiger partial charge in [-0.05, 0) is 69.4 Å². The summed E-state index contributed by atoms with van der Waals surface area (Å²) in [5, 5.41) is 6.84. The Morgan fingerprint density at radius 1 is 0.320 bits per heavy atom. The molecule has 0 aliphatic rings. The first-order chi connectivity index (χ1) is 24.7. The van der Waals surface area contributed by atoms with Crippen LogP contribution in [0.2, 0.25) is 0 Å². The monoisotopic (exact) mass is 636 g/mol. The van der Waals surface area contributed by atoms with E-state index >= 15 is 0 Å². The second-order valence-electron chi connectivity index (χ2n) is 12.7. The predicted molar refractivity (Wildman–Crippen MR) is 207 cm³/mol. The molecular weight excluding hydrogens is 609 g/mol. The molecular formula is C46H28N4. The maximum absolute atomic E-state index is 5.13. The molecule has 10 rings (SSSR count). The lowest BCUT2D eigenvalue weighted by Gasteiger charge is -2.10. The summed E-state index contributed by atoms with van der Waals surface area (Å²) in [5.74, 6) is 0. The lowest BCUT2D eigenvalue weighted by atomic mass is 9.98. The highest BCUT2D eigenvalue weighted by molar-refractivity contribution is 6.08. The normalized spacial score (nSPS) is 11.6. The lowest BCUT2D eigenvalue weighted by Crippen LogP contribution is -1.90. The number of benzene rings is 6. The molecule has 4 nitrogen and oxygen atoms in total. The maximum Gasteiger partial charge on any atom is 0.0970 e. The SMILES string of the molecule is c1ccc2c(-c3ccc4ccc(-c5ccc6ccc(-c7ccc(-c8ccnc9c8ccc8cccnc89)cc7)nc6c5)cc4n3)cccc2c1.